The van der Waals surface area contributed by atoms with E-state index < -0.39 is 0 Å². The Morgan fingerprint density at radius 1 is 1.03 bits per heavy atom. The molecule has 0 bridgehead atoms. The van der Waals surface area contributed by atoms with Gasteiger partial charge < -0.3 is 9.47 Å². The van der Waals surface area contributed by atoms with Crippen LogP contribution in [0.15, 0.2) is 60.1 Å². The first-order valence-corrected chi connectivity index (χ1v) is 11.9. The Morgan fingerprint density at radius 3 is 2.65 bits per heavy atom. The number of halogens is 1. The third kappa shape index (κ3) is 4.86. The first kappa shape index (κ1) is 20.3. The molecule has 160 valence electrons. The Labute approximate surface area is 186 Å². The van der Waals surface area contributed by atoms with Gasteiger partial charge in [0.2, 0.25) is 0 Å². The summed E-state index contributed by atoms with van der Waals surface area (Å²) in [5, 5.41) is 2.16. The minimum Gasteiger partial charge on any atom is -0.308 e. The second-order valence-electron chi connectivity index (χ2n) is 8.41. The maximum atomic E-state index is 13.3. The van der Waals surface area contributed by atoms with Crippen molar-refractivity contribution in [2.24, 2.45) is 5.92 Å². The highest BCUT2D eigenvalue weighted by atomic mass is 32.1. The summed E-state index contributed by atoms with van der Waals surface area (Å²) in [6.45, 7) is 4.14. The molecule has 4 aromatic rings. The molecule has 0 unspecified atom stereocenters. The lowest BCUT2D eigenvalue weighted by Crippen LogP contribution is -2.35. The Hall–Kier alpha value is -2.57. The van der Waals surface area contributed by atoms with Crippen LogP contribution in [-0.4, -0.2) is 39.1 Å². The molecule has 4 heterocycles. The van der Waals surface area contributed by atoms with Crippen LogP contribution in [0, 0.1) is 11.7 Å². The number of thiophene rings is 1. The molecule has 6 heteroatoms. The second-order valence-corrected chi connectivity index (χ2v) is 9.44. The third-order valence-corrected chi connectivity index (χ3v) is 7.21. The maximum Gasteiger partial charge on any atom is 0.160 e. The van der Waals surface area contributed by atoms with Gasteiger partial charge in [-0.05, 0) is 79.5 Å². The van der Waals surface area contributed by atoms with Crippen molar-refractivity contribution < 1.29 is 4.39 Å². The van der Waals surface area contributed by atoms with E-state index in [2.05, 4.69) is 32.0 Å². The van der Waals surface area contributed by atoms with Crippen LogP contribution in [0.5, 0.6) is 0 Å². The highest BCUT2D eigenvalue weighted by molar-refractivity contribution is 7.09. The first-order chi connectivity index (χ1) is 15.2. The van der Waals surface area contributed by atoms with Crippen molar-refractivity contribution in [3.8, 4) is 0 Å². The highest BCUT2D eigenvalue weighted by Crippen LogP contribution is 2.25. The average molecular weight is 435 g/mol. The minimum atomic E-state index is -0.205. The molecule has 0 N–H and O–H groups in total. The number of benzene rings is 1. The number of likely N-dealkylation sites (tertiary alicyclic amines) is 1. The highest BCUT2D eigenvalue weighted by Gasteiger charge is 2.22. The van der Waals surface area contributed by atoms with E-state index in [1.807, 2.05) is 41.8 Å². The Bertz CT molecular complexity index is 1110. The fourth-order valence-electron chi connectivity index (χ4n) is 4.50. The molecule has 1 aliphatic heterocycles. The van der Waals surface area contributed by atoms with Gasteiger partial charge in [-0.2, -0.15) is 0 Å². The van der Waals surface area contributed by atoms with Gasteiger partial charge in [-0.15, -0.1) is 11.3 Å². The number of nitrogens with zero attached hydrogens (tertiary/aromatic N) is 4. The lowest BCUT2D eigenvalue weighted by Gasteiger charge is -2.31. The van der Waals surface area contributed by atoms with Gasteiger partial charge in [0.1, 0.15) is 17.2 Å². The summed E-state index contributed by atoms with van der Waals surface area (Å²) in [6, 6.07) is 15.1. The molecule has 5 rings (SSSR count). The van der Waals surface area contributed by atoms with Crippen molar-refractivity contribution in [1.82, 2.24) is 19.4 Å². The maximum absolute atomic E-state index is 13.3. The normalized spacial score (nSPS) is 15.6. The van der Waals surface area contributed by atoms with Crippen molar-refractivity contribution in [2.45, 2.75) is 32.2 Å². The van der Waals surface area contributed by atoms with Crippen molar-refractivity contribution in [3.05, 3.63) is 82.2 Å². The third-order valence-electron chi connectivity index (χ3n) is 6.27. The van der Waals surface area contributed by atoms with Crippen molar-refractivity contribution in [2.75, 3.05) is 19.6 Å². The zero-order valence-electron chi connectivity index (χ0n) is 17.6. The van der Waals surface area contributed by atoms with Crippen LogP contribution in [0.1, 0.15) is 29.1 Å². The van der Waals surface area contributed by atoms with Gasteiger partial charge in [0.15, 0.2) is 5.65 Å². The fourth-order valence-corrected chi connectivity index (χ4v) is 5.19. The molecule has 0 amide bonds. The van der Waals surface area contributed by atoms with Crippen LogP contribution in [0.4, 0.5) is 4.39 Å². The minimum absolute atomic E-state index is 0.205. The van der Waals surface area contributed by atoms with Crippen molar-refractivity contribution >= 4 is 22.5 Å². The summed E-state index contributed by atoms with van der Waals surface area (Å²) in [6.07, 6.45) is 6.36. The molecule has 1 aliphatic rings. The molecule has 1 aromatic carbocycles. The number of piperidine rings is 1. The molecule has 31 heavy (non-hydrogen) atoms. The van der Waals surface area contributed by atoms with E-state index in [-0.39, 0.29) is 5.82 Å². The van der Waals surface area contributed by atoms with Gasteiger partial charge in [-0.3, -0.25) is 0 Å². The van der Waals surface area contributed by atoms with E-state index in [4.69, 9.17) is 4.98 Å². The van der Waals surface area contributed by atoms with E-state index >= 15 is 0 Å². The number of aromatic nitrogens is 3. The predicted molar refractivity (Wildman–Crippen MR) is 124 cm³/mol. The van der Waals surface area contributed by atoms with Gasteiger partial charge in [-0.25, -0.2) is 14.4 Å². The number of hydrogen-bond acceptors (Lipinski definition) is 4. The standard InChI is InChI=1S/C25H27FN4S/c26-21-7-5-20(6-8-21)18-30-24(28-23-4-1-12-27-25(23)30)17-19-9-13-29(14-10-19)15-11-22-3-2-16-31-22/h1-8,12,16,19H,9-11,13-15,17-18H2. The number of hydrogen-bond donors (Lipinski definition) is 0. The second kappa shape index (κ2) is 9.28. The molecule has 0 spiro atoms. The van der Waals surface area contributed by atoms with Crippen LogP contribution in [-0.2, 0) is 19.4 Å². The van der Waals surface area contributed by atoms with Crippen molar-refractivity contribution in [1.29, 1.82) is 0 Å². The van der Waals surface area contributed by atoms with Crippen molar-refractivity contribution in [3.63, 3.8) is 0 Å². The smallest absolute Gasteiger partial charge is 0.160 e. The number of pyridine rings is 1. The molecule has 1 fully saturated rings. The molecule has 0 saturated carbocycles. The van der Waals surface area contributed by atoms with Gasteiger partial charge in [0.25, 0.3) is 0 Å². The van der Waals surface area contributed by atoms with Gasteiger partial charge in [-0.1, -0.05) is 18.2 Å². The average Bonchev–Trinajstić information content (AvgIpc) is 3.43. The molecular weight excluding hydrogens is 407 g/mol. The van der Waals surface area contributed by atoms with Crippen LogP contribution in [0.3, 0.4) is 0 Å². The zero-order valence-corrected chi connectivity index (χ0v) is 18.4. The Balaban J connectivity index is 1.26. The largest absolute Gasteiger partial charge is 0.308 e. The molecule has 1 saturated heterocycles. The lowest BCUT2D eigenvalue weighted by molar-refractivity contribution is 0.184. The summed E-state index contributed by atoms with van der Waals surface area (Å²) in [7, 11) is 0. The summed E-state index contributed by atoms with van der Waals surface area (Å²) >= 11 is 1.85. The van der Waals surface area contributed by atoms with Crippen LogP contribution >= 0.6 is 11.3 Å². The quantitative estimate of drug-likeness (QED) is 0.402. The summed E-state index contributed by atoms with van der Waals surface area (Å²) in [4.78, 5) is 13.6. The SMILES string of the molecule is Fc1ccc(Cn2c(CC3CCN(CCc4cccs4)CC3)nc3cccnc32)cc1. The summed E-state index contributed by atoms with van der Waals surface area (Å²) in [5.74, 6) is 1.53. The van der Waals surface area contributed by atoms with Gasteiger partial charge >= 0.3 is 0 Å². The van der Waals surface area contributed by atoms with Crippen LogP contribution in [0.25, 0.3) is 11.2 Å². The predicted octanol–water partition coefficient (Wildman–Crippen LogP) is 5.18. The molecule has 0 aliphatic carbocycles. The monoisotopic (exact) mass is 434 g/mol. The molecule has 4 nitrogen and oxygen atoms in total. The van der Waals surface area contributed by atoms with Gasteiger partial charge in [0.05, 0.1) is 6.54 Å². The van der Waals surface area contributed by atoms with Crippen LogP contribution in [0.2, 0.25) is 0 Å². The first-order valence-electron chi connectivity index (χ1n) is 11.0. The molecule has 0 atom stereocenters. The van der Waals surface area contributed by atoms with E-state index in [9.17, 15) is 4.39 Å². The Kier molecular flexibility index (Phi) is 6.09. The molecule has 3 aromatic heterocycles. The van der Waals surface area contributed by atoms with E-state index in [0.717, 1.165) is 55.0 Å². The number of fused-ring (bicyclic) bond motifs is 1. The lowest BCUT2D eigenvalue weighted by atomic mass is 9.93. The van der Waals surface area contributed by atoms with Crippen LogP contribution < -0.4 is 0 Å². The topological polar surface area (TPSA) is 34.0 Å². The fraction of sp³-hybridized carbons (Fsp3) is 0.360. The molecular formula is C25H27FN4S. The zero-order chi connectivity index (χ0) is 21.0. The van der Waals surface area contributed by atoms with Gasteiger partial charge in [0, 0.05) is 24.0 Å². The van der Waals surface area contributed by atoms with E-state index in [1.54, 1.807) is 0 Å². The summed E-state index contributed by atoms with van der Waals surface area (Å²) in [5.41, 5.74) is 2.92. The summed E-state index contributed by atoms with van der Waals surface area (Å²) < 4.78 is 15.6. The molecule has 0 radical (unpaired) electrons. The number of rotatable bonds is 7. The Morgan fingerprint density at radius 2 is 1.87 bits per heavy atom. The van der Waals surface area contributed by atoms with E-state index in [0.29, 0.717) is 12.5 Å². The number of imidazole rings is 1. The van der Waals surface area contributed by atoms with E-state index in [1.165, 1.54) is 29.9 Å².